The van der Waals surface area contributed by atoms with Crippen LogP contribution in [0, 0.1) is 18.7 Å². The Morgan fingerprint density at radius 3 is 2.78 bits per heavy atom. The van der Waals surface area contributed by atoms with Crippen LogP contribution in [0.4, 0.5) is 14.6 Å². The van der Waals surface area contributed by atoms with Crippen LogP contribution in [-0.4, -0.2) is 15.1 Å². The van der Waals surface area contributed by atoms with Gasteiger partial charge in [0.05, 0.1) is 5.39 Å². The number of imidazole rings is 1. The van der Waals surface area contributed by atoms with Crippen molar-refractivity contribution in [3.63, 3.8) is 0 Å². The number of anilines is 1. The smallest absolute Gasteiger partial charge is 0.239 e. The van der Waals surface area contributed by atoms with Crippen LogP contribution in [0.2, 0.25) is 0 Å². The molecule has 0 atom stereocenters. The Hall–Kier alpha value is -2.44. The molecule has 92 valence electrons. The zero-order valence-electron chi connectivity index (χ0n) is 9.29. The van der Waals surface area contributed by atoms with Gasteiger partial charge in [-0.25, -0.2) is 9.37 Å². The van der Waals surface area contributed by atoms with Crippen LogP contribution < -0.4 is 5.73 Å². The zero-order chi connectivity index (χ0) is 12.9. The van der Waals surface area contributed by atoms with E-state index in [9.17, 15) is 8.78 Å². The number of hydrogen-bond acceptors (Lipinski definition) is 4. The van der Waals surface area contributed by atoms with Gasteiger partial charge in [-0.15, -0.1) is 0 Å². The lowest BCUT2D eigenvalue weighted by atomic mass is 10.1. The Balaban J connectivity index is 2.30. The molecular formula is C11H8F2N4O. The van der Waals surface area contributed by atoms with Crippen molar-refractivity contribution < 1.29 is 13.3 Å². The number of nitrogens with zero attached hydrogens (tertiary/aromatic N) is 2. The highest BCUT2D eigenvalue weighted by atomic mass is 19.1. The fraction of sp³-hybridized carbons (Fsp3) is 0.0909. The fourth-order valence-electron chi connectivity index (χ4n) is 1.83. The van der Waals surface area contributed by atoms with Crippen molar-refractivity contribution in [3.05, 3.63) is 29.7 Å². The van der Waals surface area contributed by atoms with Gasteiger partial charge in [-0.1, -0.05) is 5.16 Å². The van der Waals surface area contributed by atoms with E-state index in [1.807, 2.05) is 0 Å². The van der Waals surface area contributed by atoms with Gasteiger partial charge in [0, 0.05) is 5.56 Å². The molecule has 2 heterocycles. The Labute approximate surface area is 99.6 Å². The first-order valence-corrected chi connectivity index (χ1v) is 5.13. The Morgan fingerprint density at radius 2 is 2.11 bits per heavy atom. The quantitative estimate of drug-likeness (QED) is 0.694. The van der Waals surface area contributed by atoms with Gasteiger partial charge in [-0.3, -0.25) is 0 Å². The number of aryl methyl sites for hydroxylation is 1. The second-order valence-electron chi connectivity index (χ2n) is 3.86. The predicted octanol–water partition coefficient (Wildman–Crippen LogP) is 2.39. The molecule has 0 aliphatic heterocycles. The molecule has 1 aromatic carbocycles. The SMILES string of the molecule is Cc1nc(F)c(-c2ccc3c(N)noc3c2F)[nH]1. The Bertz CT molecular complexity index is 747. The molecule has 3 aromatic rings. The Morgan fingerprint density at radius 1 is 1.33 bits per heavy atom. The van der Waals surface area contributed by atoms with Crippen molar-refractivity contribution in [1.82, 2.24) is 15.1 Å². The topological polar surface area (TPSA) is 80.7 Å². The van der Waals surface area contributed by atoms with Crippen molar-refractivity contribution in [3.8, 4) is 11.3 Å². The number of aromatic nitrogens is 3. The van der Waals surface area contributed by atoms with E-state index in [1.54, 1.807) is 6.92 Å². The van der Waals surface area contributed by atoms with E-state index in [0.29, 0.717) is 11.2 Å². The predicted molar refractivity (Wildman–Crippen MR) is 60.7 cm³/mol. The maximum atomic E-state index is 14.2. The third kappa shape index (κ3) is 1.37. The molecule has 3 rings (SSSR count). The maximum Gasteiger partial charge on any atom is 0.239 e. The third-order valence-electron chi connectivity index (χ3n) is 2.66. The molecule has 0 spiro atoms. The number of benzene rings is 1. The molecule has 0 saturated carbocycles. The van der Waals surface area contributed by atoms with E-state index in [4.69, 9.17) is 10.3 Å². The molecule has 0 amide bonds. The molecule has 18 heavy (non-hydrogen) atoms. The van der Waals surface area contributed by atoms with Gasteiger partial charge >= 0.3 is 0 Å². The highest BCUT2D eigenvalue weighted by Gasteiger charge is 2.19. The van der Waals surface area contributed by atoms with Crippen molar-refractivity contribution in [2.45, 2.75) is 6.92 Å². The summed E-state index contributed by atoms with van der Waals surface area (Å²) < 4.78 is 32.4. The van der Waals surface area contributed by atoms with E-state index in [2.05, 4.69) is 15.1 Å². The molecule has 0 aliphatic carbocycles. The molecule has 3 N–H and O–H groups in total. The third-order valence-corrected chi connectivity index (χ3v) is 2.66. The fourth-order valence-corrected chi connectivity index (χ4v) is 1.83. The van der Waals surface area contributed by atoms with Gasteiger partial charge in [0.2, 0.25) is 11.5 Å². The Kier molecular flexibility index (Phi) is 2.09. The number of halogens is 2. The summed E-state index contributed by atoms with van der Waals surface area (Å²) in [6, 6.07) is 2.93. The lowest BCUT2D eigenvalue weighted by Crippen LogP contribution is -1.89. The number of nitrogens with one attached hydrogen (secondary N) is 1. The average molecular weight is 250 g/mol. The van der Waals surface area contributed by atoms with Crippen LogP contribution >= 0.6 is 0 Å². The number of hydrogen-bond donors (Lipinski definition) is 2. The van der Waals surface area contributed by atoms with E-state index in [1.165, 1.54) is 12.1 Å². The number of aromatic amines is 1. The number of H-pyrrole nitrogens is 1. The van der Waals surface area contributed by atoms with Crippen LogP contribution in [-0.2, 0) is 0 Å². The van der Waals surface area contributed by atoms with Crippen molar-refractivity contribution in [1.29, 1.82) is 0 Å². The van der Waals surface area contributed by atoms with Crippen molar-refractivity contribution >= 4 is 16.8 Å². The second kappa shape index (κ2) is 3.52. The molecule has 0 radical (unpaired) electrons. The molecule has 0 bridgehead atoms. The molecule has 0 fully saturated rings. The first kappa shape index (κ1) is 10.7. The van der Waals surface area contributed by atoms with E-state index in [-0.39, 0.29) is 22.7 Å². The molecule has 7 heteroatoms. The molecule has 5 nitrogen and oxygen atoms in total. The average Bonchev–Trinajstić information content (AvgIpc) is 2.84. The summed E-state index contributed by atoms with van der Waals surface area (Å²) in [6.45, 7) is 1.58. The number of nitrogens with two attached hydrogens (primary N) is 1. The highest BCUT2D eigenvalue weighted by Crippen LogP contribution is 2.31. The first-order valence-electron chi connectivity index (χ1n) is 5.13. The summed E-state index contributed by atoms with van der Waals surface area (Å²) in [6.07, 6.45) is 0. The van der Waals surface area contributed by atoms with Crippen molar-refractivity contribution in [2.24, 2.45) is 0 Å². The summed E-state index contributed by atoms with van der Waals surface area (Å²) in [4.78, 5) is 6.21. The monoisotopic (exact) mass is 250 g/mol. The summed E-state index contributed by atoms with van der Waals surface area (Å²) in [5, 5.41) is 3.82. The minimum Gasteiger partial charge on any atom is -0.380 e. The van der Waals surface area contributed by atoms with Gasteiger partial charge < -0.3 is 15.2 Å². The van der Waals surface area contributed by atoms with Gasteiger partial charge in [-0.05, 0) is 19.1 Å². The van der Waals surface area contributed by atoms with Crippen LogP contribution in [0.1, 0.15) is 5.82 Å². The normalized spacial score (nSPS) is 11.3. The minimum atomic E-state index is -0.766. The number of rotatable bonds is 1. The minimum absolute atomic E-state index is 0.0248. The standard InChI is InChI=1S/C11H8F2N4O/c1-4-15-8(10(13)16-4)5-2-3-6-9(7(5)12)18-17-11(6)14/h2-3H,1H3,(H2,14,17)(H,15,16). The summed E-state index contributed by atoms with van der Waals surface area (Å²) in [5.41, 5.74) is 5.40. The molecule has 0 aliphatic rings. The molecule has 2 aromatic heterocycles. The number of nitrogen functional groups attached to an aromatic ring is 1. The second-order valence-corrected chi connectivity index (χ2v) is 3.86. The van der Waals surface area contributed by atoms with Gasteiger partial charge in [0.15, 0.2) is 11.6 Å². The summed E-state index contributed by atoms with van der Waals surface area (Å²) >= 11 is 0. The zero-order valence-corrected chi connectivity index (χ0v) is 9.29. The van der Waals surface area contributed by atoms with E-state index in [0.717, 1.165) is 0 Å². The largest absolute Gasteiger partial charge is 0.380 e. The number of fused-ring (bicyclic) bond motifs is 1. The highest BCUT2D eigenvalue weighted by molar-refractivity contribution is 5.90. The molecule has 0 unspecified atom stereocenters. The van der Waals surface area contributed by atoms with E-state index < -0.39 is 11.8 Å². The van der Waals surface area contributed by atoms with E-state index >= 15 is 0 Å². The van der Waals surface area contributed by atoms with Gasteiger partial charge in [-0.2, -0.15) is 4.39 Å². The van der Waals surface area contributed by atoms with Crippen LogP contribution in [0.25, 0.3) is 22.2 Å². The van der Waals surface area contributed by atoms with Gasteiger partial charge in [0.1, 0.15) is 11.5 Å². The van der Waals surface area contributed by atoms with Crippen LogP contribution in [0.3, 0.4) is 0 Å². The van der Waals surface area contributed by atoms with Crippen LogP contribution in [0.15, 0.2) is 16.7 Å². The lowest BCUT2D eigenvalue weighted by Gasteiger charge is -2.00. The maximum absolute atomic E-state index is 14.2. The van der Waals surface area contributed by atoms with Crippen LogP contribution in [0.5, 0.6) is 0 Å². The molecular weight excluding hydrogens is 242 g/mol. The van der Waals surface area contributed by atoms with Crippen molar-refractivity contribution in [2.75, 3.05) is 5.73 Å². The lowest BCUT2D eigenvalue weighted by molar-refractivity contribution is 0.444. The summed E-state index contributed by atoms with van der Waals surface area (Å²) in [5.74, 6) is -1.03. The molecule has 0 saturated heterocycles. The summed E-state index contributed by atoms with van der Waals surface area (Å²) in [7, 11) is 0. The van der Waals surface area contributed by atoms with Gasteiger partial charge in [0.25, 0.3) is 0 Å². The first-order chi connectivity index (χ1) is 8.58.